The third-order valence-corrected chi connectivity index (χ3v) is 1.22. The van der Waals surface area contributed by atoms with Crippen LogP contribution in [0.5, 0.6) is 0 Å². The van der Waals surface area contributed by atoms with E-state index in [0.29, 0.717) is 0 Å². The van der Waals surface area contributed by atoms with Crippen LogP contribution < -0.4 is 12.4 Å². The van der Waals surface area contributed by atoms with Crippen LogP contribution >= 0.6 is 0 Å². The summed E-state index contributed by atoms with van der Waals surface area (Å²) in [6.07, 6.45) is 5.20. The van der Waals surface area contributed by atoms with Crippen molar-refractivity contribution >= 4 is 0 Å². The molecule has 0 spiro atoms. The van der Waals surface area contributed by atoms with Crippen molar-refractivity contribution in [3.05, 3.63) is 19.1 Å². The number of halogens is 1. The lowest BCUT2D eigenvalue weighted by Crippen LogP contribution is -3.00. The first kappa shape index (κ1) is 9.50. The van der Waals surface area contributed by atoms with Gasteiger partial charge in [0.2, 0.25) is 0 Å². The predicted octanol–water partition coefficient (Wildman–Crippen LogP) is -1.88. The van der Waals surface area contributed by atoms with Gasteiger partial charge >= 0.3 is 6.67 Å². The summed E-state index contributed by atoms with van der Waals surface area (Å²) in [5.41, 5.74) is 0. The fourth-order valence-corrected chi connectivity index (χ4v) is 0.815. The molecule has 0 amide bonds. The molecule has 0 aromatic rings. The zero-order chi connectivity index (χ0) is 6.69. The molecule has 10 heavy (non-hydrogen) atoms. The van der Waals surface area contributed by atoms with Crippen molar-refractivity contribution in [2.45, 2.75) is 13.3 Å². The average Bonchev–Trinajstić information content (AvgIpc) is 2.17. The van der Waals surface area contributed by atoms with Gasteiger partial charge in [0.15, 0.2) is 0 Å². The van der Waals surface area contributed by atoms with Crippen molar-refractivity contribution in [3.8, 4) is 0 Å². The molecular weight excluding hydrogens is 148 g/mol. The van der Waals surface area contributed by atoms with Gasteiger partial charge in [0.25, 0.3) is 0 Å². The highest BCUT2D eigenvalue weighted by Gasteiger charge is 2.26. The smallest absolute Gasteiger partial charge is 0.564 e. The topological polar surface area (TPSA) is 6.48 Å². The Bertz CT molecular complexity index is 114. The van der Waals surface area contributed by atoms with E-state index < -0.39 is 0 Å². The van der Waals surface area contributed by atoms with Crippen LogP contribution in [0.4, 0.5) is 0 Å². The molecule has 1 radical (unpaired) electrons. The summed E-state index contributed by atoms with van der Waals surface area (Å²) in [4.78, 5) is 3.98. The highest BCUT2D eigenvalue weighted by atomic mass is 35.5. The second-order valence-electron chi connectivity index (χ2n) is 2.20. The lowest BCUT2D eigenvalue weighted by atomic mass is 10.4. The van der Waals surface area contributed by atoms with Crippen molar-refractivity contribution in [1.82, 2.24) is 9.80 Å². The summed E-state index contributed by atoms with van der Waals surface area (Å²) >= 11 is 0. The number of nitrogens with zero attached hydrogens (tertiary/aromatic N) is 2. The van der Waals surface area contributed by atoms with Gasteiger partial charge in [-0.1, -0.05) is 6.92 Å². The number of rotatable bonds is 2. The molecule has 1 aliphatic heterocycles. The summed E-state index contributed by atoms with van der Waals surface area (Å²) in [6.45, 7) is 6.34. The van der Waals surface area contributed by atoms with E-state index in [1.165, 1.54) is 6.42 Å². The largest absolute Gasteiger partial charge is 1.00 e. The molecule has 3 heteroatoms. The molecular formula is C7H12ClN2. The van der Waals surface area contributed by atoms with Crippen molar-refractivity contribution in [3.63, 3.8) is 0 Å². The maximum absolute atomic E-state index is 3.11. The maximum atomic E-state index is 3.11. The normalized spacial score (nSPS) is 15.0. The minimum atomic E-state index is 0. The van der Waals surface area contributed by atoms with Gasteiger partial charge < -0.3 is 12.4 Å². The third-order valence-electron chi connectivity index (χ3n) is 1.22. The first-order valence-corrected chi connectivity index (χ1v) is 3.27. The Hall–Kier alpha value is -0.500. The summed E-state index contributed by atoms with van der Waals surface area (Å²) in [5, 5.41) is 0. The zero-order valence-corrected chi connectivity index (χ0v) is 7.10. The van der Waals surface area contributed by atoms with Crippen LogP contribution in [0.2, 0.25) is 0 Å². The van der Waals surface area contributed by atoms with E-state index in [0.717, 1.165) is 6.54 Å². The molecule has 2 nitrogen and oxygen atoms in total. The summed E-state index contributed by atoms with van der Waals surface area (Å²) in [5.74, 6) is 0. The van der Waals surface area contributed by atoms with Gasteiger partial charge in [0.1, 0.15) is 0 Å². The van der Waals surface area contributed by atoms with Crippen molar-refractivity contribution in [1.29, 1.82) is 0 Å². The summed E-state index contributed by atoms with van der Waals surface area (Å²) < 4.78 is 0. The van der Waals surface area contributed by atoms with Crippen molar-refractivity contribution < 1.29 is 12.4 Å². The second-order valence-corrected chi connectivity index (χ2v) is 2.20. The maximum Gasteiger partial charge on any atom is 0.564 e. The van der Waals surface area contributed by atoms with Crippen LogP contribution in [0.1, 0.15) is 13.3 Å². The molecule has 0 fully saturated rings. The Labute approximate surface area is 68.9 Å². The van der Waals surface area contributed by atoms with E-state index in [-0.39, 0.29) is 12.4 Å². The minimum Gasteiger partial charge on any atom is -1.00 e. The highest BCUT2D eigenvalue weighted by molar-refractivity contribution is 4.94. The Kier molecular flexibility index (Phi) is 4.12. The quantitative estimate of drug-likeness (QED) is 0.435. The lowest BCUT2D eigenvalue weighted by Gasteiger charge is -1.96. The Morgan fingerprint density at radius 1 is 1.40 bits per heavy atom. The van der Waals surface area contributed by atoms with E-state index in [1.54, 1.807) is 0 Å². The molecule has 1 heterocycles. The predicted molar refractivity (Wildman–Crippen MR) is 37.1 cm³/mol. The molecule has 0 atom stereocenters. The van der Waals surface area contributed by atoms with Crippen LogP contribution in [-0.4, -0.2) is 23.4 Å². The number of hydrogen-bond acceptors (Lipinski definition) is 2. The van der Waals surface area contributed by atoms with Gasteiger partial charge in [0, 0.05) is 0 Å². The van der Waals surface area contributed by atoms with E-state index in [4.69, 9.17) is 0 Å². The zero-order valence-electron chi connectivity index (χ0n) is 6.34. The van der Waals surface area contributed by atoms with Crippen molar-refractivity contribution in [2.24, 2.45) is 0 Å². The van der Waals surface area contributed by atoms with Crippen molar-refractivity contribution in [2.75, 3.05) is 13.6 Å². The Morgan fingerprint density at radius 3 is 2.50 bits per heavy atom. The highest BCUT2D eigenvalue weighted by Crippen LogP contribution is 2.07. The fraction of sp³-hybridized carbons (Fsp3) is 0.571. The molecule has 0 aliphatic carbocycles. The lowest BCUT2D eigenvalue weighted by molar-refractivity contribution is -0.00000199. The van der Waals surface area contributed by atoms with Crippen LogP contribution in [0.15, 0.2) is 12.4 Å². The van der Waals surface area contributed by atoms with Crippen LogP contribution in [0, 0.1) is 6.67 Å². The molecule has 0 saturated heterocycles. The molecule has 0 unspecified atom stereocenters. The van der Waals surface area contributed by atoms with Gasteiger partial charge in [-0.2, -0.15) is 0 Å². The number of hydrogen-bond donors (Lipinski definition) is 0. The molecule has 0 N–H and O–H groups in total. The van der Waals surface area contributed by atoms with Gasteiger partial charge in [-0.3, -0.25) is 0 Å². The van der Waals surface area contributed by atoms with E-state index in [9.17, 15) is 0 Å². The van der Waals surface area contributed by atoms with Gasteiger partial charge in [0.05, 0.1) is 26.0 Å². The monoisotopic (exact) mass is 159 g/mol. The third kappa shape index (κ3) is 2.40. The minimum absolute atomic E-state index is 0. The van der Waals surface area contributed by atoms with E-state index in [1.807, 2.05) is 24.3 Å². The molecule has 0 saturated carbocycles. The second kappa shape index (κ2) is 4.34. The average molecular weight is 160 g/mol. The molecule has 57 valence electrons. The van der Waals surface area contributed by atoms with Gasteiger partial charge in [-0.05, 0) is 6.42 Å². The fourth-order valence-electron chi connectivity index (χ4n) is 0.815. The van der Waals surface area contributed by atoms with E-state index >= 15 is 0 Å². The Morgan fingerprint density at radius 2 is 2.10 bits per heavy atom. The van der Waals surface area contributed by atoms with Crippen LogP contribution in [-0.2, 0) is 0 Å². The van der Waals surface area contributed by atoms with Crippen LogP contribution in [0.3, 0.4) is 0 Å². The summed E-state index contributed by atoms with van der Waals surface area (Å²) in [7, 11) is 1.98. The standard InChI is InChI=1S/C7H12N2.ClH/c1-3-4-9-6-5-8(2)7-9;/h5-6H,3-4H2,1-2H3;1H/q+1;/p-1. The first-order chi connectivity index (χ1) is 4.33. The molecule has 0 aromatic heterocycles. The molecule has 0 aromatic carbocycles. The molecule has 0 bridgehead atoms. The van der Waals surface area contributed by atoms with Gasteiger partial charge in [-0.15, -0.1) is 9.80 Å². The van der Waals surface area contributed by atoms with E-state index in [2.05, 4.69) is 18.5 Å². The summed E-state index contributed by atoms with van der Waals surface area (Å²) in [6, 6.07) is 0. The van der Waals surface area contributed by atoms with Gasteiger partial charge in [-0.25, -0.2) is 0 Å². The first-order valence-electron chi connectivity index (χ1n) is 3.27. The van der Waals surface area contributed by atoms with Crippen LogP contribution in [0.25, 0.3) is 0 Å². The molecule has 1 aliphatic rings. The SMILES string of the molecule is CCCN1[C+]N(C)C=C1.[Cl-]. The Balaban J connectivity index is 0.000000810. The molecule has 1 rings (SSSR count).